The molecule has 2 saturated carbocycles. The quantitative estimate of drug-likeness (QED) is 0.380. The van der Waals surface area contributed by atoms with Crippen LogP contribution in [-0.4, -0.2) is 34.6 Å². The molecule has 1 saturated heterocycles. The van der Waals surface area contributed by atoms with Crippen LogP contribution in [0, 0.1) is 36.5 Å². The first-order valence-electron chi connectivity index (χ1n) is 13.0. The molecule has 2 aliphatic heterocycles. The van der Waals surface area contributed by atoms with Crippen molar-refractivity contribution in [2.75, 3.05) is 11.5 Å². The molecule has 0 spiro atoms. The number of carbonyl (C=O) groups excluding carboxylic acids is 3. The molecule has 4 aliphatic rings. The zero-order valence-electron chi connectivity index (χ0n) is 20.9. The summed E-state index contributed by atoms with van der Waals surface area (Å²) in [6.45, 7) is 4.13. The van der Waals surface area contributed by atoms with Gasteiger partial charge in [0.25, 0.3) is 0 Å². The van der Waals surface area contributed by atoms with Gasteiger partial charge in [0.2, 0.25) is 11.8 Å². The molecule has 3 heterocycles. The minimum absolute atomic E-state index is 0.0261. The SMILES string of the molecule is CCOC(=O)c1ccc(N2C(=O)[C@@H]3[C@H]4C[C@@H]([C@@H]3C2=O)[C@H]2[C@@H](c3ccccc3C)c3sc(=O)[nH]c3S[C@@H]42)cc1. The number of nitrogens with zero attached hydrogens (tertiary/aromatic N) is 1. The van der Waals surface area contributed by atoms with Gasteiger partial charge in [-0.2, -0.15) is 0 Å². The summed E-state index contributed by atoms with van der Waals surface area (Å²) < 4.78 is 5.06. The van der Waals surface area contributed by atoms with E-state index in [2.05, 4.69) is 24.0 Å². The number of hydrogen-bond donors (Lipinski definition) is 1. The number of H-pyrrole nitrogens is 1. The fourth-order valence-electron chi connectivity index (χ4n) is 7.52. The van der Waals surface area contributed by atoms with E-state index in [0.717, 1.165) is 16.3 Å². The first kappa shape index (κ1) is 23.9. The Hall–Kier alpha value is -3.17. The lowest BCUT2D eigenvalue weighted by atomic mass is 9.67. The highest BCUT2D eigenvalue weighted by molar-refractivity contribution is 8.00. The number of hydrogen-bond acceptors (Lipinski definition) is 7. The number of fused-ring (bicyclic) bond motifs is 9. The highest BCUT2D eigenvalue weighted by atomic mass is 32.2. The lowest BCUT2D eigenvalue weighted by Gasteiger charge is -2.43. The van der Waals surface area contributed by atoms with Crippen molar-refractivity contribution in [2.24, 2.45) is 29.6 Å². The number of thioether (sulfide) groups is 1. The maximum absolute atomic E-state index is 13.9. The molecule has 2 aliphatic carbocycles. The molecule has 1 N–H and O–H groups in total. The van der Waals surface area contributed by atoms with Gasteiger partial charge in [-0.25, -0.2) is 4.79 Å². The highest BCUT2D eigenvalue weighted by Crippen LogP contribution is 2.68. The summed E-state index contributed by atoms with van der Waals surface area (Å²) in [6, 6.07) is 14.8. The maximum atomic E-state index is 13.9. The fourth-order valence-corrected chi connectivity index (χ4v) is 10.4. The molecule has 7 nitrogen and oxygen atoms in total. The first-order valence-corrected chi connectivity index (χ1v) is 14.7. The standard InChI is InChI=1S/C29H26N2O5S2/c1-3-36-28(34)14-8-10-15(11-9-14)31-26(32)21-17-12-18(22(21)27(31)33)23-20(17)19(16-7-5-4-6-13(16)2)24-25(37-23)30-29(35)38-24/h4-11,17-23H,3,12H2,1-2H3,(H,30,35)/t17-,18-,19-,20+,21+,22-,23+/m1/s1. The van der Waals surface area contributed by atoms with Crippen LogP contribution >= 0.6 is 23.1 Å². The third-order valence-electron chi connectivity index (χ3n) is 8.88. The van der Waals surface area contributed by atoms with E-state index in [1.165, 1.54) is 27.4 Å². The maximum Gasteiger partial charge on any atom is 0.338 e. The predicted octanol–water partition coefficient (Wildman–Crippen LogP) is 4.60. The zero-order valence-corrected chi connectivity index (χ0v) is 22.5. The van der Waals surface area contributed by atoms with Gasteiger partial charge in [0.15, 0.2) is 0 Å². The minimum atomic E-state index is -0.429. The van der Waals surface area contributed by atoms with E-state index in [-0.39, 0.29) is 64.1 Å². The second-order valence-electron chi connectivity index (χ2n) is 10.6. The molecule has 2 aromatic carbocycles. The Bertz CT molecular complexity index is 1540. The van der Waals surface area contributed by atoms with Gasteiger partial charge in [-0.3, -0.25) is 19.3 Å². The monoisotopic (exact) mass is 546 g/mol. The van der Waals surface area contributed by atoms with Gasteiger partial charge in [0.1, 0.15) is 0 Å². The molecule has 38 heavy (non-hydrogen) atoms. The van der Waals surface area contributed by atoms with Crippen LogP contribution in [-0.2, 0) is 14.3 Å². The highest BCUT2D eigenvalue weighted by Gasteiger charge is 2.69. The molecule has 9 heteroatoms. The number of esters is 1. The van der Waals surface area contributed by atoms with Crippen molar-refractivity contribution in [3.8, 4) is 0 Å². The predicted molar refractivity (Wildman–Crippen MR) is 145 cm³/mol. The van der Waals surface area contributed by atoms with Crippen molar-refractivity contribution in [3.63, 3.8) is 0 Å². The molecule has 194 valence electrons. The van der Waals surface area contributed by atoms with E-state index in [1.807, 2.05) is 12.1 Å². The van der Waals surface area contributed by atoms with Crippen molar-refractivity contribution in [3.05, 3.63) is 79.8 Å². The number of amides is 2. The van der Waals surface area contributed by atoms with Crippen molar-refractivity contribution < 1.29 is 19.1 Å². The molecule has 7 rings (SSSR count). The number of aromatic amines is 1. The van der Waals surface area contributed by atoms with E-state index in [9.17, 15) is 19.2 Å². The molecule has 2 amide bonds. The van der Waals surface area contributed by atoms with Gasteiger partial charge in [-0.1, -0.05) is 35.6 Å². The Morgan fingerprint density at radius 3 is 2.45 bits per heavy atom. The van der Waals surface area contributed by atoms with Gasteiger partial charge < -0.3 is 9.72 Å². The van der Waals surface area contributed by atoms with Crippen LogP contribution < -0.4 is 9.77 Å². The number of aryl methyl sites for hydroxylation is 1. The molecule has 3 fully saturated rings. The molecule has 2 bridgehead atoms. The third-order valence-corrected chi connectivity index (χ3v) is 11.5. The zero-order chi connectivity index (χ0) is 26.3. The molecule has 0 radical (unpaired) electrons. The minimum Gasteiger partial charge on any atom is -0.462 e. The molecule has 7 atom stereocenters. The Morgan fingerprint density at radius 1 is 1.03 bits per heavy atom. The van der Waals surface area contributed by atoms with Gasteiger partial charge >= 0.3 is 10.8 Å². The topological polar surface area (TPSA) is 96.5 Å². The summed E-state index contributed by atoms with van der Waals surface area (Å²) in [5.41, 5.74) is 3.26. The average molecular weight is 547 g/mol. The number of thiazole rings is 1. The first-order chi connectivity index (χ1) is 18.4. The molecular formula is C29H26N2O5S2. The number of rotatable bonds is 4. The van der Waals surface area contributed by atoms with Crippen molar-refractivity contribution in [1.82, 2.24) is 4.98 Å². The summed E-state index contributed by atoms with van der Waals surface area (Å²) >= 11 is 2.97. The number of nitrogens with one attached hydrogen (secondary N) is 1. The van der Waals surface area contributed by atoms with Crippen molar-refractivity contribution in [2.45, 2.75) is 36.5 Å². The van der Waals surface area contributed by atoms with Crippen molar-refractivity contribution in [1.29, 1.82) is 0 Å². The summed E-state index contributed by atoms with van der Waals surface area (Å²) in [7, 11) is 0. The number of imide groups is 1. The van der Waals surface area contributed by atoms with Crippen molar-refractivity contribution >= 4 is 46.6 Å². The number of ether oxygens (including phenoxy) is 1. The van der Waals surface area contributed by atoms with E-state index >= 15 is 0 Å². The van der Waals surface area contributed by atoms with Crippen LogP contribution in [0.3, 0.4) is 0 Å². The van der Waals surface area contributed by atoms with E-state index in [4.69, 9.17) is 4.74 Å². The third kappa shape index (κ3) is 3.27. The second kappa shape index (κ2) is 8.68. The van der Waals surface area contributed by atoms with Gasteiger partial charge in [-0.05, 0) is 73.4 Å². The number of anilines is 1. The number of aromatic nitrogens is 1. The van der Waals surface area contributed by atoms with Crippen LogP contribution in [0.4, 0.5) is 5.69 Å². The van der Waals surface area contributed by atoms with E-state index < -0.39 is 5.97 Å². The second-order valence-corrected chi connectivity index (χ2v) is 12.8. The molecule has 3 aromatic rings. The van der Waals surface area contributed by atoms with Crippen LogP contribution in [0.5, 0.6) is 0 Å². The van der Waals surface area contributed by atoms with E-state index in [1.54, 1.807) is 43.0 Å². The molecule has 1 aromatic heterocycles. The van der Waals surface area contributed by atoms with E-state index in [0.29, 0.717) is 11.3 Å². The average Bonchev–Trinajstić information content (AvgIpc) is 3.64. The van der Waals surface area contributed by atoms with Gasteiger partial charge in [-0.15, -0.1) is 11.8 Å². The smallest absolute Gasteiger partial charge is 0.338 e. The normalized spacial score (nSPS) is 30.8. The molecular weight excluding hydrogens is 520 g/mol. The van der Waals surface area contributed by atoms with Gasteiger partial charge in [0.05, 0.1) is 34.7 Å². The fraction of sp³-hybridized carbons (Fsp3) is 0.379. The largest absolute Gasteiger partial charge is 0.462 e. The Morgan fingerprint density at radius 2 is 1.74 bits per heavy atom. The van der Waals surface area contributed by atoms with Crippen LogP contribution in [0.15, 0.2) is 58.4 Å². The lowest BCUT2D eigenvalue weighted by molar-refractivity contribution is -0.123. The summed E-state index contributed by atoms with van der Waals surface area (Å²) in [4.78, 5) is 57.6. The molecule has 0 unspecified atom stereocenters. The Balaban J connectivity index is 1.26. The number of benzene rings is 2. The van der Waals surface area contributed by atoms with Crippen LogP contribution in [0.1, 0.15) is 45.6 Å². The Kier molecular flexibility index (Phi) is 5.46. The number of carbonyl (C=O) groups is 3. The van der Waals surface area contributed by atoms with Crippen LogP contribution in [0.2, 0.25) is 0 Å². The Labute approximate surface area is 227 Å². The van der Waals surface area contributed by atoms with Crippen LogP contribution in [0.25, 0.3) is 0 Å². The summed E-state index contributed by atoms with van der Waals surface area (Å²) in [5.74, 6) is -1.09. The summed E-state index contributed by atoms with van der Waals surface area (Å²) in [6.07, 6.45) is 0.854. The van der Waals surface area contributed by atoms with Gasteiger partial charge in [0, 0.05) is 16.0 Å². The summed E-state index contributed by atoms with van der Waals surface area (Å²) in [5, 5.41) is 1.08. The lowest BCUT2D eigenvalue weighted by Crippen LogP contribution is -2.42.